The molecule has 2 heterocycles. The number of morpholine rings is 1. The molecule has 170 valence electrons. The molecule has 6 nitrogen and oxygen atoms in total. The standard InChI is InChI=1S/C23H24F3N3O3/c24-23(25,26)18-2-1-3-20(15-18)32-16-22(30)27-19-4-5-21-17(14-19)6-7-29(21)9-8-28-10-12-31-13-11-28/h1-7,14-15H,8-13,16H2,(H,27,30). The van der Waals surface area contributed by atoms with Crippen molar-refractivity contribution in [1.29, 1.82) is 0 Å². The van der Waals surface area contributed by atoms with Gasteiger partial charge in [-0.2, -0.15) is 13.2 Å². The fraction of sp³-hybridized carbons (Fsp3) is 0.348. The van der Waals surface area contributed by atoms with E-state index in [9.17, 15) is 18.0 Å². The highest BCUT2D eigenvalue weighted by atomic mass is 19.4. The smallest absolute Gasteiger partial charge is 0.416 e. The Kier molecular flexibility index (Phi) is 6.66. The lowest BCUT2D eigenvalue weighted by Crippen LogP contribution is -2.38. The lowest BCUT2D eigenvalue weighted by molar-refractivity contribution is -0.137. The van der Waals surface area contributed by atoms with E-state index in [1.165, 1.54) is 12.1 Å². The van der Waals surface area contributed by atoms with Crippen LogP contribution in [0.5, 0.6) is 5.75 Å². The number of nitrogens with one attached hydrogen (secondary N) is 1. The maximum absolute atomic E-state index is 12.8. The number of nitrogens with zero attached hydrogens (tertiary/aromatic N) is 2. The van der Waals surface area contributed by atoms with Crippen LogP contribution in [0.2, 0.25) is 0 Å². The minimum Gasteiger partial charge on any atom is -0.484 e. The average Bonchev–Trinajstić information content (AvgIpc) is 3.19. The van der Waals surface area contributed by atoms with Crippen LogP contribution in [0.25, 0.3) is 10.9 Å². The van der Waals surface area contributed by atoms with Crippen molar-refractivity contribution in [2.45, 2.75) is 12.7 Å². The van der Waals surface area contributed by atoms with Crippen LogP contribution in [0.15, 0.2) is 54.7 Å². The van der Waals surface area contributed by atoms with Crippen LogP contribution in [-0.4, -0.2) is 54.8 Å². The van der Waals surface area contributed by atoms with Gasteiger partial charge in [-0.05, 0) is 42.5 Å². The molecule has 1 aliphatic rings. The molecule has 0 radical (unpaired) electrons. The quantitative estimate of drug-likeness (QED) is 0.595. The molecule has 0 saturated carbocycles. The van der Waals surface area contributed by atoms with Crippen LogP contribution < -0.4 is 10.1 Å². The predicted molar refractivity (Wildman–Crippen MR) is 115 cm³/mol. The van der Waals surface area contributed by atoms with E-state index in [4.69, 9.17) is 9.47 Å². The van der Waals surface area contributed by atoms with Crippen LogP contribution in [-0.2, 0) is 22.3 Å². The number of benzene rings is 2. The summed E-state index contributed by atoms with van der Waals surface area (Å²) in [6.07, 6.45) is -2.44. The Labute approximate surface area is 183 Å². The Morgan fingerprint density at radius 3 is 2.66 bits per heavy atom. The third-order valence-corrected chi connectivity index (χ3v) is 5.35. The number of aromatic nitrogens is 1. The van der Waals surface area contributed by atoms with Crippen molar-refractivity contribution in [3.05, 3.63) is 60.3 Å². The van der Waals surface area contributed by atoms with Gasteiger partial charge in [0, 0.05) is 49.0 Å². The van der Waals surface area contributed by atoms with E-state index in [0.717, 1.165) is 62.4 Å². The summed E-state index contributed by atoms with van der Waals surface area (Å²) >= 11 is 0. The Hall–Kier alpha value is -3.04. The molecule has 1 aliphatic heterocycles. The third kappa shape index (κ3) is 5.60. The van der Waals surface area contributed by atoms with Gasteiger partial charge in [-0.3, -0.25) is 9.69 Å². The molecule has 0 bridgehead atoms. The zero-order chi connectivity index (χ0) is 22.6. The van der Waals surface area contributed by atoms with Crippen LogP contribution >= 0.6 is 0 Å². The Bertz CT molecular complexity index is 1080. The Balaban J connectivity index is 1.32. The van der Waals surface area contributed by atoms with Gasteiger partial charge in [0.1, 0.15) is 5.75 Å². The van der Waals surface area contributed by atoms with Crippen LogP contribution in [0.4, 0.5) is 18.9 Å². The van der Waals surface area contributed by atoms with Crippen molar-refractivity contribution in [2.24, 2.45) is 0 Å². The summed E-state index contributed by atoms with van der Waals surface area (Å²) in [7, 11) is 0. The van der Waals surface area contributed by atoms with Gasteiger partial charge >= 0.3 is 6.18 Å². The zero-order valence-corrected chi connectivity index (χ0v) is 17.4. The molecule has 0 spiro atoms. The van der Waals surface area contributed by atoms with Gasteiger partial charge in [0.15, 0.2) is 6.61 Å². The van der Waals surface area contributed by atoms with Crippen LogP contribution in [0.1, 0.15) is 5.56 Å². The minimum atomic E-state index is -4.46. The summed E-state index contributed by atoms with van der Waals surface area (Å²) in [5.41, 5.74) is 0.844. The maximum atomic E-state index is 12.8. The number of halogens is 3. The topological polar surface area (TPSA) is 55.7 Å². The van der Waals surface area contributed by atoms with E-state index in [1.807, 2.05) is 24.4 Å². The number of hydrogen-bond donors (Lipinski definition) is 1. The van der Waals surface area contributed by atoms with Gasteiger partial charge in [-0.1, -0.05) is 6.07 Å². The first-order chi connectivity index (χ1) is 15.4. The van der Waals surface area contributed by atoms with Crippen molar-refractivity contribution in [3.63, 3.8) is 0 Å². The molecule has 1 N–H and O–H groups in total. The molecule has 1 saturated heterocycles. The lowest BCUT2D eigenvalue weighted by Gasteiger charge is -2.26. The second-order valence-electron chi connectivity index (χ2n) is 7.60. The van der Waals surface area contributed by atoms with Crippen molar-refractivity contribution >= 4 is 22.5 Å². The fourth-order valence-corrected chi connectivity index (χ4v) is 3.65. The van der Waals surface area contributed by atoms with Gasteiger partial charge in [0.05, 0.1) is 18.8 Å². The molecule has 2 aromatic carbocycles. The Morgan fingerprint density at radius 2 is 1.88 bits per heavy atom. The molecule has 0 unspecified atom stereocenters. The number of hydrogen-bond acceptors (Lipinski definition) is 4. The summed E-state index contributed by atoms with van der Waals surface area (Å²) in [5.74, 6) is -0.462. The molecule has 4 rings (SSSR count). The predicted octanol–water partition coefficient (Wildman–Crippen LogP) is 4.01. The van der Waals surface area contributed by atoms with Gasteiger partial charge in [-0.25, -0.2) is 0 Å². The monoisotopic (exact) mass is 447 g/mol. The van der Waals surface area contributed by atoms with Crippen molar-refractivity contribution in [2.75, 3.05) is 44.8 Å². The largest absolute Gasteiger partial charge is 0.484 e. The van der Waals surface area contributed by atoms with Gasteiger partial charge in [0.2, 0.25) is 0 Å². The Morgan fingerprint density at radius 1 is 1.06 bits per heavy atom. The van der Waals surface area contributed by atoms with Crippen LogP contribution in [0.3, 0.4) is 0 Å². The highest BCUT2D eigenvalue weighted by Gasteiger charge is 2.30. The molecule has 1 amide bonds. The third-order valence-electron chi connectivity index (χ3n) is 5.35. The van der Waals surface area contributed by atoms with Crippen molar-refractivity contribution in [3.8, 4) is 5.75 Å². The number of ether oxygens (including phenoxy) is 2. The fourth-order valence-electron chi connectivity index (χ4n) is 3.65. The minimum absolute atomic E-state index is 0.0113. The summed E-state index contributed by atoms with van der Waals surface area (Å²) in [5, 5.41) is 3.71. The number of anilines is 1. The second kappa shape index (κ2) is 9.62. The average molecular weight is 447 g/mol. The molecule has 1 aromatic heterocycles. The molecular formula is C23H24F3N3O3. The summed E-state index contributed by atoms with van der Waals surface area (Å²) in [6.45, 7) is 4.84. The van der Waals surface area contributed by atoms with Crippen LogP contribution in [0, 0.1) is 0 Å². The number of carbonyl (C=O) groups is 1. The SMILES string of the molecule is O=C(COc1cccc(C(F)(F)F)c1)Nc1ccc2c(ccn2CCN2CCOCC2)c1. The molecule has 0 aliphatic carbocycles. The van der Waals surface area contributed by atoms with E-state index in [2.05, 4.69) is 14.8 Å². The summed E-state index contributed by atoms with van der Waals surface area (Å²) in [6, 6.07) is 12.1. The van der Waals surface area contributed by atoms with E-state index in [-0.39, 0.29) is 12.4 Å². The van der Waals surface area contributed by atoms with Gasteiger partial charge in [0.25, 0.3) is 5.91 Å². The number of amides is 1. The molecule has 3 aromatic rings. The lowest BCUT2D eigenvalue weighted by atomic mass is 10.2. The van der Waals surface area contributed by atoms with Crippen molar-refractivity contribution < 1.29 is 27.4 Å². The van der Waals surface area contributed by atoms with Gasteiger partial charge in [-0.15, -0.1) is 0 Å². The second-order valence-corrected chi connectivity index (χ2v) is 7.60. The molecule has 32 heavy (non-hydrogen) atoms. The summed E-state index contributed by atoms with van der Waals surface area (Å²) in [4.78, 5) is 14.6. The normalized spacial score (nSPS) is 15.1. The molecular weight excluding hydrogens is 423 g/mol. The number of carbonyl (C=O) groups excluding carboxylic acids is 1. The first-order valence-corrected chi connectivity index (χ1v) is 10.4. The summed E-state index contributed by atoms with van der Waals surface area (Å²) < 4.78 is 51.1. The molecule has 0 atom stereocenters. The zero-order valence-electron chi connectivity index (χ0n) is 17.4. The van der Waals surface area contributed by atoms with E-state index in [1.54, 1.807) is 6.07 Å². The van der Waals surface area contributed by atoms with E-state index in [0.29, 0.717) is 5.69 Å². The maximum Gasteiger partial charge on any atom is 0.416 e. The van der Waals surface area contributed by atoms with E-state index < -0.39 is 17.6 Å². The number of rotatable bonds is 7. The number of alkyl halides is 3. The van der Waals surface area contributed by atoms with Gasteiger partial charge < -0.3 is 19.4 Å². The van der Waals surface area contributed by atoms with E-state index >= 15 is 0 Å². The first kappa shape index (κ1) is 22.2. The highest BCUT2D eigenvalue weighted by molar-refractivity contribution is 5.94. The molecule has 9 heteroatoms. The first-order valence-electron chi connectivity index (χ1n) is 10.4. The molecule has 1 fully saturated rings. The number of fused-ring (bicyclic) bond motifs is 1. The highest BCUT2D eigenvalue weighted by Crippen LogP contribution is 2.31. The van der Waals surface area contributed by atoms with Crippen molar-refractivity contribution in [1.82, 2.24) is 9.47 Å².